The average molecular weight is 430 g/mol. The number of nitrogens with one attached hydrogen (secondary N) is 1. The van der Waals surface area contributed by atoms with Gasteiger partial charge in [0.2, 0.25) is 5.88 Å². The summed E-state index contributed by atoms with van der Waals surface area (Å²) in [5, 5.41) is 3.39. The van der Waals surface area contributed by atoms with Crippen LogP contribution in [0, 0.1) is 5.92 Å². The molecule has 0 atom stereocenters. The van der Waals surface area contributed by atoms with Crippen molar-refractivity contribution < 1.29 is 4.74 Å². The second-order valence-corrected chi connectivity index (χ2v) is 6.12. The van der Waals surface area contributed by atoms with Crippen LogP contribution in [-0.4, -0.2) is 42.1 Å². The Balaban J connectivity index is 0.00000192. The normalized spacial score (nSPS) is 17.8. The number of aliphatic imine (C=N–C) groups is 1. The molecule has 3 rings (SSSR count). The summed E-state index contributed by atoms with van der Waals surface area (Å²) in [6.45, 7) is 6.70. The van der Waals surface area contributed by atoms with Gasteiger partial charge in [0, 0.05) is 31.9 Å². The van der Waals surface area contributed by atoms with Gasteiger partial charge >= 0.3 is 0 Å². The SMILES string of the molecule is CCNC(=NCc1ccnc(OCC2CC2)c1)N1CCCC1.I. The van der Waals surface area contributed by atoms with Crippen molar-refractivity contribution >= 4 is 29.9 Å². The van der Waals surface area contributed by atoms with E-state index in [1.165, 1.54) is 25.7 Å². The van der Waals surface area contributed by atoms with E-state index in [1.807, 2.05) is 18.3 Å². The standard InChI is InChI=1S/C17H26N4O.HI/c1-2-18-17(21-9-3-4-10-21)20-12-15-7-8-19-16(11-15)22-13-14-5-6-14;/h7-8,11,14H,2-6,9-10,12-13H2,1H3,(H,18,20);1H. The minimum absolute atomic E-state index is 0. The summed E-state index contributed by atoms with van der Waals surface area (Å²) in [5.41, 5.74) is 1.15. The number of guanidine groups is 1. The summed E-state index contributed by atoms with van der Waals surface area (Å²) in [6, 6.07) is 4.03. The van der Waals surface area contributed by atoms with Crippen molar-refractivity contribution in [3.05, 3.63) is 23.9 Å². The molecule has 5 nitrogen and oxygen atoms in total. The lowest BCUT2D eigenvalue weighted by molar-refractivity contribution is 0.288. The summed E-state index contributed by atoms with van der Waals surface area (Å²) in [5.74, 6) is 2.50. The highest BCUT2D eigenvalue weighted by molar-refractivity contribution is 14.0. The zero-order chi connectivity index (χ0) is 15.2. The lowest BCUT2D eigenvalue weighted by Gasteiger charge is -2.20. The summed E-state index contributed by atoms with van der Waals surface area (Å²) in [7, 11) is 0. The summed E-state index contributed by atoms with van der Waals surface area (Å²) in [6.07, 6.45) is 6.94. The highest BCUT2D eigenvalue weighted by Crippen LogP contribution is 2.29. The minimum atomic E-state index is 0. The summed E-state index contributed by atoms with van der Waals surface area (Å²) in [4.78, 5) is 11.4. The predicted molar refractivity (Wildman–Crippen MR) is 103 cm³/mol. The van der Waals surface area contributed by atoms with Gasteiger partial charge in [-0.2, -0.15) is 0 Å². The molecule has 2 aliphatic rings. The third kappa shape index (κ3) is 5.82. The van der Waals surface area contributed by atoms with Crippen molar-refractivity contribution in [1.82, 2.24) is 15.2 Å². The zero-order valence-electron chi connectivity index (χ0n) is 13.8. The van der Waals surface area contributed by atoms with Gasteiger partial charge in [0.1, 0.15) is 0 Å². The Kier molecular flexibility index (Phi) is 7.39. The van der Waals surface area contributed by atoms with Gasteiger partial charge in [0.05, 0.1) is 13.2 Å². The van der Waals surface area contributed by atoms with Crippen LogP contribution < -0.4 is 10.1 Å². The van der Waals surface area contributed by atoms with E-state index in [4.69, 9.17) is 9.73 Å². The van der Waals surface area contributed by atoms with Gasteiger partial charge in [0.15, 0.2) is 5.96 Å². The maximum absolute atomic E-state index is 5.74. The average Bonchev–Trinajstić information content (AvgIpc) is 3.22. The number of likely N-dealkylation sites (tertiary alicyclic amines) is 1. The van der Waals surface area contributed by atoms with Gasteiger partial charge < -0.3 is 15.0 Å². The second-order valence-electron chi connectivity index (χ2n) is 6.12. The topological polar surface area (TPSA) is 49.8 Å². The quantitative estimate of drug-likeness (QED) is 0.428. The molecule has 1 aromatic rings. The predicted octanol–water partition coefficient (Wildman–Crippen LogP) is 3.05. The first kappa shape index (κ1) is 18.3. The molecule has 128 valence electrons. The number of ether oxygens (including phenoxy) is 1. The number of hydrogen-bond acceptors (Lipinski definition) is 3. The molecule has 1 aliphatic carbocycles. The van der Waals surface area contributed by atoms with Crippen LogP contribution in [-0.2, 0) is 6.54 Å². The summed E-state index contributed by atoms with van der Waals surface area (Å²) < 4.78 is 5.74. The van der Waals surface area contributed by atoms with Crippen LogP contribution in [0.25, 0.3) is 0 Å². The van der Waals surface area contributed by atoms with Crippen LogP contribution in [0.5, 0.6) is 5.88 Å². The van der Waals surface area contributed by atoms with Crippen LogP contribution in [0.2, 0.25) is 0 Å². The number of rotatable bonds is 6. The lowest BCUT2D eigenvalue weighted by atomic mass is 10.3. The monoisotopic (exact) mass is 430 g/mol. The van der Waals surface area contributed by atoms with E-state index in [9.17, 15) is 0 Å². The molecule has 0 radical (unpaired) electrons. The van der Waals surface area contributed by atoms with E-state index in [1.54, 1.807) is 0 Å². The van der Waals surface area contributed by atoms with Gasteiger partial charge in [-0.25, -0.2) is 9.98 Å². The number of hydrogen-bond donors (Lipinski definition) is 1. The molecular weight excluding hydrogens is 403 g/mol. The van der Waals surface area contributed by atoms with E-state index in [-0.39, 0.29) is 24.0 Å². The Hall–Kier alpha value is -1.05. The molecule has 1 N–H and O–H groups in total. The van der Waals surface area contributed by atoms with Crippen molar-refractivity contribution in [1.29, 1.82) is 0 Å². The third-order valence-corrected chi connectivity index (χ3v) is 4.11. The second kappa shape index (κ2) is 9.30. The molecule has 0 aromatic carbocycles. The van der Waals surface area contributed by atoms with E-state index in [0.29, 0.717) is 6.54 Å². The van der Waals surface area contributed by atoms with Gasteiger partial charge in [-0.3, -0.25) is 0 Å². The van der Waals surface area contributed by atoms with Crippen molar-refractivity contribution in [3.63, 3.8) is 0 Å². The Morgan fingerprint density at radius 2 is 2.17 bits per heavy atom. The Labute approximate surface area is 155 Å². The van der Waals surface area contributed by atoms with Crippen molar-refractivity contribution in [2.24, 2.45) is 10.9 Å². The molecule has 6 heteroatoms. The van der Waals surface area contributed by atoms with Crippen LogP contribution in [0.1, 0.15) is 38.2 Å². The van der Waals surface area contributed by atoms with Gasteiger partial charge in [-0.1, -0.05) is 0 Å². The number of aromatic nitrogens is 1. The molecule has 0 amide bonds. The van der Waals surface area contributed by atoms with E-state index >= 15 is 0 Å². The molecule has 1 aliphatic heterocycles. The van der Waals surface area contributed by atoms with Gasteiger partial charge in [0.25, 0.3) is 0 Å². The van der Waals surface area contributed by atoms with Crippen LogP contribution >= 0.6 is 24.0 Å². The van der Waals surface area contributed by atoms with Crippen molar-refractivity contribution in [2.45, 2.75) is 39.2 Å². The molecular formula is C17H27IN4O. The molecule has 0 unspecified atom stereocenters. The Morgan fingerprint density at radius 1 is 1.39 bits per heavy atom. The molecule has 2 fully saturated rings. The van der Waals surface area contributed by atoms with Crippen LogP contribution in [0.3, 0.4) is 0 Å². The van der Waals surface area contributed by atoms with E-state index in [0.717, 1.165) is 49.6 Å². The fraction of sp³-hybridized carbons (Fsp3) is 0.647. The maximum Gasteiger partial charge on any atom is 0.213 e. The molecule has 1 saturated heterocycles. The molecule has 1 aromatic heterocycles. The maximum atomic E-state index is 5.74. The van der Waals surface area contributed by atoms with Gasteiger partial charge in [-0.05, 0) is 50.2 Å². The molecule has 0 spiro atoms. The first-order valence-electron chi connectivity index (χ1n) is 8.46. The highest BCUT2D eigenvalue weighted by atomic mass is 127. The largest absolute Gasteiger partial charge is 0.477 e. The highest BCUT2D eigenvalue weighted by Gasteiger charge is 2.22. The summed E-state index contributed by atoms with van der Waals surface area (Å²) >= 11 is 0. The number of nitrogens with zero attached hydrogens (tertiary/aromatic N) is 3. The molecule has 0 bridgehead atoms. The first-order valence-corrected chi connectivity index (χ1v) is 8.46. The lowest BCUT2D eigenvalue weighted by Crippen LogP contribution is -2.39. The molecule has 23 heavy (non-hydrogen) atoms. The number of pyridine rings is 1. The van der Waals surface area contributed by atoms with Crippen LogP contribution in [0.15, 0.2) is 23.3 Å². The van der Waals surface area contributed by atoms with Crippen LogP contribution in [0.4, 0.5) is 0 Å². The Morgan fingerprint density at radius 3 is 2.87 bits per heavy atom. The van der Waals surface area contributed by atoms with E-state index in [2.05, 4.69) is 22.1 Å². The Bertz CT molecular complexity index is 513. The van der Waals surface area contributed by atoms with Gasteiger partial charge in [-0.15, -0.1) is 24.0 Å². The van der Waals surface area contributed by atoms with Crippen molar-refractivity contribution in [2.75, 3.05) is 26.2 Å². The smallest absolute Gasteiger partial charge is 0.213 e. The van der Waals surface area contributed by atoms with Crippen molar-refractivity contribution in [3.8, 4) is 5.88 Å². The molecule has 2 heterocycles. The van der Waals surface area contributed by atoms with E-state index < -0.39 is 0 Å². The minimum Gasteiger partial charge on any atom is -0.477 e. The number of halogens is 1. The first-order chi connectivity index (χ1) is 10.8. The zero-order valence-corrected chi connectivity index (χ0v) is 16.2. The third-order valence-electron chi connectivity index (χ3n) is 4.11. The fourth-order valence-electron chi connectivity index (χ4n) is 2.64. The fourth-order valence-corrected chi connectivity index (χ4v) is 2.64. The molecule has 1 saturated carbocycles.